The molecule has 2 aliphatic heterocycles. The summed E-state index contributed by atoms with van der Waals surface area (Å²) in [7, 11) is 0. The molecule has 0 unspecified atom stereocenters. The van der Waals surface area contributed by atoms with Gasteiger partial charge in [-0.15, -0.1) is 0 Å². The van der Waals surface area contributed by atoms with Crippen molar-refractivity contribution in [2.75, 3.05) is 39.4 Å². The van der Waals surface area contributed by atoms with Crippen LogP contribution in [-0.2, 0) is 9.47 Å². The molecule has 0 aliphatic carbocycles. The second kappa shape index (κ2) is 8.60. The van der Waals surface area contributed by atoms with Gasteiger partial charge in [-0.05, 0) is 37.9 Å². The van der Waals surface area contributed by atoms with Crippen molar-refractivity contribution in [3.8, 4) is 0 Å². The Morgan fingerprint density at radius 2 is 1.83 bits per heavy atom. The summed E-state index contributed by atoms with van der Waals surface area (Å²) in [5, 5.41) is 0. The SMILES string of the molecule is CCCN(CC1OCCO1)C1CCN(C(=O)c2ccccc2)CC1. The number of hydrogen-bond acceptors (Lipinski definition) is 4. The number of carbonyl (C=O) groups is 1. The van der Waals surface area contributed by atoms with Crippen molar-refractivity contribution in [2.24, 2.45) is 0 Å². The van der Waals surface area contributed by atoms with Crippen LogP contribution in [0.4, 0.5) is 0 Å². The highest BCUT2D eigenvalue weighted by Gasteiger charge is 2.29. The van der Waals surface area contributed by atoms with Crippen LogP contribution in [0.2, 0.25) is 0 Å². The summed E-state index contributed by atoms with van der Waals surface area (Å²) in [6.07, 6.45) is 3.08. The number of piperidine rings is 1. The molecule has 0 saturated carbocycles. The van der Waals surface area contributed by atoms with E-state index in [4.69, 9.17) is 9.47 Å². The minimum atomic E-state index is -0.0828. The molecule has 3 rings (SSSR count). The molecule has 2 heterocycles. The Labute approximate surface area is 144 Å². The van der Waals surface area contributed by atoms with Gasteiger partial charge in [0.25, 0.3) is 5.91 Å². The van der Waals surface area contributed by atoms with Crippen LogP contribution in [0.3, 0.4) is 0 Å². The molecule has 1 aromatic carbocycles. The average Bonchev–Trinajstić information content (AvgIpc) is 3.15. The van der Waals surface area contributed by atoms with Crippen molar-refractivity contribution in [3.05, 3.63) is 35.9 Å². The molecule has 0 bridgehead atoms. The summed E-state index contributed by atoms with van der Waals surface area (Å²) in [5.41, 5.74) is 0.786. The molecule has 5 heteroatoms. The van der Waals surface area contributed by atoms with E-state index in [1.54, 1.807) is 0 Å². The van der Waals surface area contributed by atoms with Crippen LogP contribution in [0.25, 0.3) is 0 Å². The van der Waals surface area contributed by atoms with Gasteiger partial charge in [0.15, 0.2) is 6.29 Å². The Balaban J connectivity index is 1.53. The predicted octanol–water partition coefficient (Wildman–Crippen LogP) is 2.38. The Morgan fingerprint density at radius 1 is 1.17 bits per heavy atom. The minimum Gasteiger partial charge on any atom is -0.349 e. The number of hydrogen-bond donors (Lipinski definition) is 0. The van der Waals surface area contributed by atoms with E-state index in [9.17, 15) is 4.79 Å². The number of likely N-dealkylation sites (tertiary alicyclic amines) is 1. The van der Waals surface area contributed by atoms with E-state index in [0.717, 1.165) is 51.0 Å². The van der Waals surface area contributed by atoms with Crippen LogP contribution in [0, 0.1) is 0 Å². The second-order valence-corrected chi connectivity index (χ2v) is 6.56. The van der Waals surface area contributed by atoms with Crippen LogP contribution >= 0.6 is 0 Å². The first kappa shape index (κ1) is 17.4. The van der Waals surface area contributed by atoms with E-state index in [2.05, 4.69) is 11.8 Å². The maximum atomic E-state index is 12.6. The third-order valence-corrected chi connectivity index (χ3v) is 4.87. The summed E-state index contributed by atoms with van der Waals surface area (Å²) in [5.74, 6) is 0.151. The first-order valence-electron chi connectivity index (χ1n) is 9.09. The van der Waals surface area contributed by atoms with Gasteiger partial charge in [0.2, 0.25) is 0 Å². The van der Waals surface area contributed by atoms with Crippen LogP contribution in [0.15, 0.2) is 30.3 Å². The molecule has 2 fully saturated rings. The molecule has 0 aromatic heterocycles. The highest BCUT2D eigenvalue weighted by molar-refractivity contribution is 5.94. The van der Waals surface area contributed by atoms with Crippen molar-refractivity contribution in [3.63, 3.8) is 0 Å². The van der Waals surface area contributed by atoms with E-state index in [1.165, 1.54) is 0 Å². The minimum absolute atomic E-state index is 0.0828. The van der Waals surface area contributed by atoms with Gasteiger partial charge in [0.1, 0.15) is 0 Å². The lowest BCUT2D eigenvalue weighted by Crippen LogP contribution is -2.49. The lowest BCUT2D eigenvalue weighted by Gasteiger charge is -2.39. The van der Waals surface area contributed by atoms with Crippen LogP contribution in [-0.4, -0.2) is 67.4 Å². The fourth-order valence-corrected chi connectivity index (χ4v) is 3.61. The Kier molecular flexibility index (Phi) is 6.24. The highest BCUT2D eigenvalue weighted by atomic mass is 16.7. The first-order chi connectivity index (χ1) is 11.8. The number of amides is 1. The maximum Gasteiger partial charge on any atom is 0.253 e. The largest absolute Gasteiger partial charge is 0.349 e. The van der Waals surface area contributed by atoms with E-state index in [0.29, 0.717) is 19.3 Å². The molecule has 0 N–H and O–H groups in total. The fraction of sp³-hybridized carbons (Fsp3) is 0.632. The molecule has 5 nitrogen and oxygen atoms in total. The zero-order valence-electron chi connectivity index (χ0n) is 14.5. The molecule has 132 valence electrons. The van der Waals surface area contributed by atoms with Gasteiger partial charge in [-0.2, -0.15) is 0 Å². The smallest absolute Gasteiger partial charge is 0.253 e. The molecule has 2 saturated heterocycles. The quantitative estimate of drug-likeness (QED) is 0.802. The summed E-state index contributed by atoms with van der Waals surface area (Å²) >= 11 is 0. The molecular formula is C19H28N2O3. The standard InChI is InChI=1S/C19H28N2O3/c1-2-10-21(15-18-23-13-14-24-18)17-8-11-20(12-9-17)19(22)16-6-4-3-5-7-16/h3-7,17-18H,2,8-15H2,1H3. The predicted molar refractivity (Wildman–Crippen MR) is 92.9 cm³/mol. The van der Waals surface area contributed by atoms with E-state index in [1.807, 2.05) is 35.2 Å². The molecule has 1 amide bonds. The Morgan fingerprint density at radius 3 is 2.46 bits per heavy atom. The van der Waals surface area contributed by atoms with Gasteiger partial charge >= 0.3 is 0 Å². The van der Waals surface area contributed by atoms with Crippen molar-refractivity contribution < 1.29 is 14.3 Å². The van der Waals surface area contributed by atoms with Crippen molar-refractivity contribution in [2.45, 2.75) is 38.5 Å². The summed E-state index contributed by atoms with van der Waals surface area (Å²) in [4.78, 5) is 17.0. The first-order valence-corrected chi connectivity index (χ1v) is 9.09. The fourth-order valence-electron chi connectivity index (χ4n) is 3.61. The second-order valence-electron chi connectivity index (χ2n) is 6.56. The van der Waals surface area contributed by atoms with Crippen LogP contribution in [0.1, 0.15) is 36.5 Å². The van der Waals surface area contributed by atoms with Crippen LogP contribution < -0.4 is 0 Å². The maximum absolute atomic E-state index is 12.6. The van der Waals surface area contributed by atoms with E-state index < -0.39 is 0 Å². The number of ether oxygens (including phenoxy) is 2. The van der Waals surface area contributed by atoms with Crippen molar-refractivity contribution in [1.82, 2.24) is 9.80 Å². The zero-order valence-corrected chi connectivity index (χ0v) is 14.5. The summed E-state index contributed by atoms with van der Waals surface area (Å²) in [6, 6.07) is 10.1. The van der Waals surface area contributed by atoms with Crippen molar-refractivity contribution in [1.29, 1.82) is 0 Å². The van der Waals surface area contributed by atoms with Gasteiger partial charge in [0, 0.05) is 31.2 Å². The lowest BCUT2D eigenvalue weighted by atomic mass is 10.0. The molecule has 24 heavy (non-hydrogen) atoms. The third kappa shape index (κ3) is 4.35. The number of benzene rings is 1. The monoisotopic (exact) mass is 332 g/mol. The van der Waals surface area contributed by atoms with Gasteiger partial charge in [-0.25, -0.2) is 0 Å². The Bertz CT molecular complexity index is 509. The van der Waals surface area contributed by atoms with Gasteiger partial charge in [0.05, 0.1) is 13.2 Å². The van der Waals surface area contributed by atoms with Gasteiger partial charge in [-0.3, -0.25) is 9.69 Å². The number of rotatable bonds is 6. The molecule has 0 radical (unpaired) electrons. The molecule has 0 spiro atoms. The average molecular weight is 332 g/mol. The van der Waals surface area contributed by atoms with Gasteiger partial charge in [-0.1, -0.05) is 25.1 Å². The van der Waals surface area contributed by atoms with Crippen molar-refractivity contribution >= 4 is 5.91 Å². The molecular weight excluding hydrogens is 304 g/mol. The lowest BCUT2D eigenvalue weighted by molar-refractivity contribution is -0.0719. The third-order valence-electron chi connectivity index (χ3n) is 4.87. The number of carbonyl (C=O) groups excluding carboxylic acids is 1. The normalized spacial score (nSPS) is 20.0. The van der Waals surface area contributed by atoms with E-state index >= 15 is 0 Å². The molecule has 0 atom stereocenters. The van der Waals surface area contributed by atoms with E-state index in [-0.39, 0.29) is 12.2 Å². The molecule has 1 aromatic rings. The van der Waals surface area contributed by atoms with Crippen LogP contribution in [0.5, 0.6) is 0 Å². The molecule has 2 aliphatic rings. The topological polar surface area (TPSA) is 42.0 Å². The summed E-state index contributed by atoms with van der Waals surface area (Å²) < 4.78 is 11.2. The summed E-state index contributed by atoms with van der Waals surface area (Å²) in [6.45, 7) is 7.16. The highest BCUT2D eigenvalue weighted by Crippen LogP contribution is 2.20. The Hall–Kier alpha value is -1.43. The number of nitrogens with zero attached hydrogens (tertiary/aromatic N) is 2. The zero-order chi connectivity index (χ0) is 16.8. The van der Waals surface area contributed by atoms with Gasteiger partial charge < -0.3 is 14.4 Å².